The number of piperidine rings is 1. The lowest BCUT2D eigenvalue weighted by Crippen LogP contribution is -2.45. The van der Waals surface area contributed by atoms with Crippen molar-refractivity contribution in [3.63, 3.8) is 0 Å². The van der Waals surface area contributed by atoms with Crippen molar-refractivity contribution in [1.29, 1.82) is 0 Å². The third-order valence-corrected chi connectivity index (χ3v) is 8.45. The molecule has 4 heterocycles. The Bertz CT molecular complexity index is 1810. The summed E-state index contributed by atoms with van der Waals surface area (Å²) in [5.74, 6) is 1.03. The standard InChI is InChI=1S/C32H33N7O2/c1-37-27-13-11-23(32(41)38-14-2-3-24(33)18-38)15-26(27)36-31(37)28-16-22-10-12-25(20-6-8-21(9-7-20)29(34)40)35-30(22)39(28)17-19-4-5-19/h6-13,15-16,19,24H,2-5,14,17-18,33H2,1H3,(H2,34,40)/t24-/m1/s1. The van der Waals surface area contributed by atoms with Crippen LogP contribution in [0.4, 0.5) is 0 Å². The van der Waals surface area contributed by atoms with Gasteiger partial charge in [0.25, 0.3) is 5.91 Å². The van der Waals surface area contributed by atoms with Crippen LogP contribution in [0.25, 0.3) is 44.8 Å². The van der Waals surface area contributed by atoms with Crippen molar-refractivity contribution in [2.24, 2.45) is 24.4 Å². The third-order valence-electron chi connectivity index (χ3n) is 8.45. The van der Waals surface area contributed by atoms with Crippen molar-refractivity contribution >= 4 is 33.9 Å². The smallest absolute Gasteiger partial charge is 0.253 e. The summed E-state index contributed by atoms with van der Waals surface area (Å²) in [5.41, 5.74) is 18.1. The molecule has 9 heteroatoms. The number of hydrogen-bond donors (Lipinski definition) is 2. The number of benzene rings is 2. The van der Waals surface area contributed by atoms with Crippen LogP contribution in [0.3, 0.4) is 0 Å². The number of aryl methyl sites for hydroxylation is 1. The zero-order chi connectivity index (χ0) is 28.2. The van der Waals surface area contributed by atoms with Gasteiger partial charge in [-0.2, -0.15) is 0 Å². The van der Waals surface area contributed by atoms with Crippen LogP contribution in [0, 0.1) is 5.92 Å². The highest BCUT2D eigenvalue weighted by atomic mass is 16.2. The highest BCUT2D eigenvalue weighted by Crippen LogP contribution is 2.36. The van der Waals surface area contributed by atoms with Crippen LogP contribution < -0.4 is 11.5 Å². The number of fused-ring (bicyclic) bond motifs is 2. The molecule has 0 spiro atoms. The van der Waals surface area contributed by atoms with Crippen molar-refractivity contribution < 1.29 is 9.59 Å². The molecule has 9 nitrogen and oxygen atoms in total. The zero-order valence-corrected chi connectivity index (χ0v) is 23.1. The summed E-state index contributed by atoms with van der Waals surface area (Å²) in [6.07, 6.45) is 4.31. The summed E-state index contributed by atoms with van der Waals surface area (Å²) in [4.78, 5) is 36.8. The molecular formula is C32H33N7O2. The van der Waals surface area contributed by atoms with Gasteiger partial charge in [0.15, 0.2) is 5.82 Å². The normalized spacial score (nSPS) is 17.4. The van der Waals surface area contributed by atoms with Gasteiger partial charge in [-0.25, -0.2) is 9.97 Å². The van der Waals surface area contributed by atoms with Gasteiger partial charge in [0.2, 0.25) is 5.91 Å². The lowest BCUT2D eigenvalue weighted by Gasteiger charge is -2.30. The lowest BCUT2D eigenvalue weighted by atomic mass is 10.1. The molecule has 4 N–H and O–H groups in total. The van der Waals surface area contributed by atoms with Crippen molar-refractivity contribution in [1.82, 2.24) is 24.0 Å². The molecule has 1 aliphatic carbocycles. The van der Waals surface area contributed by atoms with E-state index in [1.54, 1.807) is 12.1 Å². The van der Waals surface area contributed by atoms with Gasteiger partial charge in [-0.1, -0.05) is 12.1 Å². The molecule has 208 valence electrons. The van der Waals surface area contributed by atoms with E-state index < -0.39 is 5.91 Å². The van der Waals surface area contributed by atoms with E-state index in [0.29, 0.717) is 23.6 Å². The molecule has 1 aliphatic heterocycles. The number of amides is 2. The van der Waals surface area contributed by atoms with Gasteiger partial charge in [-0.15, -0.1) is 0 Å². The Kier molecular flexibility index (Phi) is 6.12. The van der Waals surface area contributed by atoms with E-state index in [9.17, 15) is 9.59 Å². The van der Waals surface area contributed by atoms with Crippen LogP contribution in [-0.4, -0.2) is 54.9 Å². The number of aromatic nitrogens is 4. The largest absolute Gasteiger partial charge is 0.366 e. The van der Waals surface area contributed by atoms with E-state index in [-0.39, 0.29) is 11.9 Å². The number of nitrogens with two attached hydrogens (primary N) is 2. The van der Waals surface area contributed by atoms with Gasteiger partial charge >= 0.3 is 0 Å². The predicted molar refractivity (Wildman–Crippen MR) is 159 cm³/mol. The first kappa shape index (κ1) is 25.5. The van der Waals surface area contributed by atoms with Gasteiger partial charge in [0, 0.05) is 54.8 Å². The van der Waals surface area contributed by atoms with Crippen molar-refractivity contribution in [2.75, 3.05) is 13.1 Å². The minimum atomic E-state index is -0.447. The number of pyridine rings is 1. The average Bonchev–Trinajstić information content (AvgIpc) is 3.66. The van der Waals surface area contributed by atoms with E-state index in [1.807, 2.05) is 48.3 Å². The highest BCUT2D eigenvalue weighted by Gasteiger charge is 2.27. The van der Waals surface area contributed by atoms with Crippen LogP contribution in [0.2, 0.25) is 0 Å². The maximum absolute atomic E-state index is 13.3. The topological polar surface area (TPSA) is 125 Å². The summed E-state index contributed by atoms with van der Waals surface area (Å²) in [6.45, 7) is 2.21. The van der Waals surface area contributed by atoms with E-state index in [2.05, 4.69) is 21.3 Å². The number of nitrogens with zero attached hydrogens (tertiary/aromatic N) is 5. The third kappa shape index (κ3) is 4.66. The minimum Gasteiger partial charge on any atom is -0.366 e. The van der Waals surface area contributed by atoms with Gasteiger partial charge < -0.3 is 25.5 Å². The fourth-order valence-corrected chi connectivity index (χ4v) is 5.96. The van der Waals surface area contributed by atoms with Crippen molar-refractivity contribution in [2.45, 2.75) is 38.3 Å². The van der Waals surface area contributed by atoms with Crippen LogP contribution in [0.1, 0.15) is 46.4 Å². The van der Waals surface area contributed by atoms with E-state index in [1.165, 1.54) is 12.8 Å². The van der Waals surface area contributed by atoms with Crippen LogP contribution in [0.15, 0.2) is 60.7 Å². The summed E-state index contributed by atoms with van der Waals surface area (Å²) < 4.78 is 4.39. The Labute approximate surface area is 237 Å². The molecule has 1 saturated carbocycles. The molecule has 1 atom stereocenters. The Morgan fingerprint density at radius 1 is 0.951 bits per heavy atom. The number of primary amides is 1. The Morgan fingerprint density at radius 2 is 1.73 bits per heavy atom. The van der Waals surface area contributed by atoms with Crippen LogP contribution in [0.5, 0.6) is 0 Å². The van der Waals surface area contributed by atoms with Gasteiger partial charge in [-0.3, -0.25) is 9.59 Å². The number of carbonyl (C=O) groups excluding carboxylic acids is 2. The maximum atomic E-state index is 13.3. The quantitative estimate of drug-likeness (QED) is 0.327. The van der Waals surface area contributed by atoms with Crippen molar-refractivity contribution in [3.05, 3.63) is 71.8 Å². The molecule has 0 bridgehead atoms. The minimum absolute atomic E-state index is 0.0118. The molecule has 2 amide bonds. The molecule has 0 unspecified atom stereocenters. The number of hydrogen-bond acceptors (Lipinski definition) is 5. The van der Waals surface area contributed by atoms with Crippen LogP contribution >= 0.6 is 0 Å². The second-order valence-electron chi connectivity index (χ2n) is 11.5. The average molecular weight is 548 g/mol. The number of carbonyl (C=O) groups is 2. The first-order valence-corrected chi connectivity index (χ1v) is 14.3. The zero-order valence-electron chi connectivity index (χ0n) is 23.1. The second kappa shape index (κ2) is 9.85. The summed E-state index contributed by atoms with van der Waals surface area (Å²) in [7, 11) is 2.02. The summed E-state index contributed by atoms with van der Waals surface area (Å²) in [5, 5.41) is 1.04. The molecule has 5 aromatic rings. The molecule has 2 aliphatic rings. The van der Waals surface area contributed by atoms with Gasteiger partial charge in [0.05, 0.1) is 22.4 Å². The van der Waals surface area contributed by atoms with E-state index in [0.717, 1.165) is 70.8 Å². The first-order valence-electron chi connectivity index (χ1n) is 14.3. The second-order valence-corrected chi connectivity index (χ2v) is 11.5. The number of likely N-dealkylation sites (tertiary alicyclic amines) is 1. The number of imidazole rings is 1. The van der Waals surface area contributed by atoms with E-state index in [4.69, 9.17) is 21.4 Å². The monoisotopic (exact) mass is 547 g/mol. The van der Waals surface area contributed by atoms with E-state index >= 15 is 0 Å². The lowest BCUT2D eigenvalue weighted by molar-refractivity contribution is 0.0709. The SMILES string of the molecule is Cn1c(-c2cc3ccc(-c4ccc(C(N)=O)cc4)nc3n2CC2CC2)nc2cc(C(=O)N3CCC[C@@H](N)C3)ccc21. The van der Waals surface area contributed by atoms with Gasteiger partial charge in [-0.05, 0) is 80.1 Å². The first-order chi connectivity index (χ1) is 19.9. The Balaban J connectivity index is 1.29. The fourth-order valence-electron chi connectivity index (χ4n) is 5.96. The predicted octanol–water partition coefficient (Wildman–Crippen LogP) is 4.33. The Morgan fingerprint density at radius 3 is 2.46 bits per heavy atom. The molecule has 1 saturated heterocycles. The summed E-state index contributed by atoms with van der Waals surface area (Å²) >= 11 is 0. The van der Waals surface area contributed by atoms with Crippen LogP contribution in [-0.2, 0) is 13.6 Å². The highest BCUT2D eigenvalue weighted by molar-refractivity contribution is 5.98. The molecule has 3 aromatic heterocycles. The van der Waals surface area contributed by atoms with Crippen molar-refractivity contribution in [3.8, 4) is 22.8 Å². The Hall–Kier alpha value is -4.50. The molecule has 2 fully saturated rings. The molecular weight excluding hydrogens is 514 g/mol. The molecule has 7 rings (SSSR count). The molecule has 41 heavy (non-hydrogen) atoms. The maximum Gasteiger partial charge on any atom is 0.253 e. The summed E-state index contributed by atoms with van der Waals surface area (Å²) in [6, 6.07) is 19.3. The molecule has 0 radical (unpaired) electrons. The molecule has 2 aromatic carbocycles. The van der Waals surface area contributed by atoms with Gasteiger partial charge in [0.1, 0.15) is 5.65 Å². The number of rotatable bonds is 6. The fraction of sp³-hybridized carbons (Fsp3) is 0.312.